The fourth-order valence-corrected chi connectivity index (χ4v) is 1.66. The molecule has 0 spiro atoms. The van der Waals surface area contributed by atoms with Gasteiger partial charge in [0.15, 0.2) is 5.82 Å². The summed E-state index contributed by atoms with van der Waals surface area (Å²) in [5, 5.41) is 8.13. The van der Waals surface area contributed by atoms with E-state index in [-0.39, 0.29) is 0 Å². The molecular weight excluding hydrogens is 174 g/mol. The number of benzene rings is 1. The molecule has 1 heterocycles. The summed E-state index contributed by atoms with van der Waals surface area (Å²) in [6.45, 7) is 0. The van der Waals surface area contributed by atoms with Gasteiger partial charge < -0.3 is 4.57 Å². The lowest BCUT2D eigenvalue weighted by molar-refractivity contribution is 0.746. The molecule has 0 saturated heterocycles. The van der Waals surface area contributed by atoms with Gasteiger partial charge in [-0.15, -0.1) is 10.2 Å². The van der Waals surface area contributed by atoms with Crippen LogP contribution >= 0.6 is 0 Å². The Morgan fingerprint density at radius 3 is 2.64 bits per heavy atom. The lowest BCUT2D eigenvalue weighted by atomic mass is 10.2. The van der Waals surface area contributed by atoms with Crippen molar-refractivity contribution in [2.75, 3.05) is 0 Å². The summed E-state index contributed by atoms with van der Waals surface area (Å²) in [6, 6.07) is 10.9. The minimum Gasteiger partial charge on any atom is -0.310 e. The molecule has 1 aromatic heterocycles. The van der Waals surface area contributed by atoms with Crippen molar-refractivity contribution in [1.82, 2.24) is 14.8 Å². The molecule has 70 valence electrons. The van der Waals surface area contributed by atoms with Gasteiger partial charge in [0, 0.05) is 11.6 Å². The highest BCUT2D eigenvalue weighted by Crippen LogP contribution is 2.37. The van der Waals surface area contributed by atoms with E-state index in [4.69, 9.17) is 0 Å². The summed E-state index contributed by atoms with van der Waals surface area (Å²) in [6.07, 6.45) is 4.36. The van der Waals surface area contributed by atoms with Crippen molar-refractivity contribution in [2.24, 2.45) is 0 Å². The lowest BCUT2D eigenvalue weighted by Gasteiger charge is -2.03. The molecule has 1 aliphatic carbocycles. The van der Waals surface area contributed by atoms with Crippen LogP contribution in [-0.4, -0.2) is 14.8 Å². The average molecular weight is 185 g/mol. The first-order valence-corrected chi connectivity index (χ1v) is 4.90. The average Bonchev–Trinajstić information content (AvgIpc) is 2.98. The maximum atomic E-state index is 4.16. The van der Waals surface area contributed by atoms with Crippen molar-refractivity contribution in [3.63, 3.8) is 0 Å². The van der Waals surface area contributed by atoms with Gasteiger partial charge in [-0.05, 0) is 12.8 Å². The van der Waals surface area contributed by atoms with Gasteiger partial charge in [0.1, 0.15) is 6.33 Å². The van der Waals surface area contributed by atoms with Crippen LogP contribution in [0.25, 0.3) is 11.4 Å². The second-order valence-corrected chi connectivity index (χ2v) is 3.66. The third-order valence-electron chi connectivity index (χ3n) is 2.55. The number of hydrogen-bond donors (Lipinski definition) is 0. The van der Waals surface area contributed by atoms with Gasteiger partial charge in [0.2, 0.25) is 0 Å². The van der Waals surface area contributed by atoms with Gasteiger partial charge in [0.05, 0.1) is 0 Å². The SMILES string of the molecule is c1ccc(-c2nncn2C2CC2)cc1. The zero-order chi connectivity index (χ0) is 9.38. The molecule has 0 aliphatic heterocycles. The van der Waals surface area contributed by atoms with Gasteiger partial charge in [-0.25, -0.2) is 0 Å². The Kier molecular flexibility index (Phi) is 1.63. The van der Waals surface area contributed by atoms with Gasteiger partial charge >= 0.3 is 0 Å². The molecule has 2 aromatic rings. The highest BCUT2D eigenvalue weighted by Gasteiger charge is 2.26. The van der Waals surface area contributed by atoms with E-state index < -0.39 is 0 Å². The third kappa shape index (κ3) is 1.21. The summed E-state index contributed by atoms with van der Waals surface area (Å²) >= 11 is 0. The van der Waals surface area contributed by atoms with Crippen molar-refractivity contribution in [3.05, 3.63) is 36.7 Å². The first kappa shape index (κ1) is 7.74. The fraction of sp³-hybridized carbons (Fsp3) is 0.273. The predicted molar refractivity (Wildman–Crippen MR) is 53.7 cm³/mol. The van der Waals surface area contributed by atoms with Crippen LogP contribution in [0.15, 0.2) is 36.7 Å². The lowest BCUT2D eigenvalue weighted by Crippen LogP contribution is -1.95. The molecule has 1 aliphatic rings. The summed E-state index contributed by atoms with van der Waals surface area (Å²) in [5.74, 6) is 0.994. The molecule has 0 bridgehead atoms. The van der Waals surface area contributed by atoms with Crippen molar-refractivity contribution >= 4 is 0 Å². The quantitative estimate of drug-likeness (QED) is 0.718. The minimum absolute atomic E-state index is 0.639. The molecule has 0 amide bonds. The topological polar surface area (TPSA) is 30.7 Å². The number of nitrogens with zero attached hydrogens (tertiary/aromatic N) is 3. The molecule has 1 fully saturated rings. The van der Waals surface area contributed by atoms with E-state index in [0.717, 1.165) is 11.4 Å². The summed E-state index contributed by atoms with van der Waals surface area (Å²) in [7, 11) is 0. The van der Waals surface area contributed by atoms with Crippen LogP contribution in [0.4, 0.5) is 0 Å². The Bertz CT molecular complexity index is 429. The van der Waals surface area contributed by atoms with Crippen molar-refractivity contribution in [2.45, 2.75) is 18.9 Å². The Morgan fingerprint density at radius 2 is 1.93 bits per heavy atom. The molecule has 0 atom stereocenters. The molecule has 0 N–H and O–H groups in total. The molecule has 0 radical (unpaired) electrons. The van der Waals surface area contributed by atoms with Crippen LogP contribution in [-0.2, 0) is 0 Å². The van der Waals surface area contributed by atoms with E-state index >= 15 is 0 Å². The molecule has 3 heteroatoms. The molecule has 14 heavy (non-hydrogen) atoms. The van der Waals surface area contributed by atoms with Gasteiger partial charge in [-0.1, -0.05) is 30.3 Å². The normalized spacial score (nSPS) is 15.7. The highest BCUT2D eigenvalue weighted by atomic mass is 15.3. The van der Waals surface area contributed by atoms with Crippen LogP contribution in [0.3, 0.4) is 0 Å². The smallest absolute Gasteiger partial charge is 0.163 e. The van der Waals surface area contributed by atoms with Crippen LogP contribution in [0.5, 0.6) is 0 Å². The zero-order valence-electron chi connectivity index (χ0n) is 7.80. The van der Waals surface area contributed by atoms with E-state index in [1.807, 2.05) is 24.5 Å². The standard InChI is InChI=1S/C11H11N3/c1-2-4-9(5-3-1)11-13-12-8-14(11)10-6-7-10/h1-5,8,10H,6-7H2. The predicted octanol–water partition coefficient (Wildman–Crippen LogP) is 2.28. The Morgan fingerprint density at radius 1 is 1.14 bits per heavy atom. The molecule has 3 nitrogen and oxygen atoms in total. The van der Waals surface area contributed by atoms with Crippen LogP contribution < -0.4 is 0 Å². The van der Waals surface area contributed by atoms with Crippen LogP contribution in [0, 0.1) is 0 Å². The fourth-order valence-electron chi connectivity index (χ4n) is 1.66. The Hall–Kier alpha value is -1.64. The third-order valence-corrected chi connectivity index (χ3v) is 2.55. The zero-order valence-corrected chi connectivity index (χ0v) is 7.80. The first-order valence-electron chi connectivity index (χ1n) is 4.90. The maximum absolute atomic E-state index is 4.16. The maximum Gasteiger partial charge on any atom is 0.163 e. The summed E-state index contributed by atoms with van der Waals surface area (Å²) < 4.78 is 2.18. The second kappa shape index (κ2) is 2.94. The van der Waals surface area contributed by atoms with Crippen LogP contribution in [0.1, 0.15) is 18.9 Å². The molecule has 0 unspecified atom stereocenters. The van der Waals surface area contributed by atoms with Crippen molar-refractivity contribution in [1.29, 1.82) is 0 Å². The number of hydrogen-bond acceptors (Lipinski definition) is 2. The second-order valence-electron chi connectivity index (χ2n) is 3.66. The summed E-state index contributed by atoms with van der Waals surface area (Å²) in [4.78, 5) is 0. The van der Waals surface area contributed by atoms with Gasteiger partial charge in [-0.3, -0.25) is 0 Å². The van der Waals surface area contributed by atoms with E-state index in [9.17, 15) is 0 Å². The minimum atomic E-state index is 0.639. The largest absolute Gasteiger partial charge is 0.310 e. The van der Waals surface area contributed by atoms with Crippen molar-refractivity contribution in [3.8, 4) is 11.4 Å². The van der Waals surface area contributed by atoms with Gasteiger partial charge in [-0.2, -0.15) is 0 Å². The number of rotatable bonds is 2. The Balaban J connectivity index is 2.07. The van der Waals surface area contributed by atoms with E-state index in [1.54, 1.807) is 0 Å². The highest BCUT2D eigenvalue weighted by molar-refractivity contribution is 5.54. The Labute approximate surface area is 82.4 Å². The van der Waals surface area contributed by atoms with E-state index in [0.29, 0.717) is 6.04 Å². The molecule has 1 aromatic carbocycles. The monoisotopic (exact) mass is 185 g/mol. The van der Waals surface area contributed by atoms with E-state index in [1.165, 1.54) is 12.8 Å². The first-order chi connectivity index (χ1) is 6.95. The van der Waals surface area contributed by atoms with Gasteiger partial charge in [0.25, 0.3) is 0 Å². The molecular formula is C11H11N3. The van der Waals surface area contributed by atoms with Crippen molar-refractivity contribution < 1.29 is 0 Å². The van der Waals surface area contributed by atoms with E-state index in [2.05, 4.69) is 26.9 Å². The van der Waals surface area contributed by atoms with Crippen LogP contribution in [0.2, 0.25) is 0 Å². The molecule has 1 saturated carbocycles. The number of aromatic nitrogens is 3. The summed E-state index contributed by atoms with van der Waals surface area (Å²) in [5.41, 5.74) is 1.15. The molecule has 3 rings (SSSR count).